The zero-order valence-corrected chi connectivity index (χ0v) is 12.7. The van der Waals surface area contributed by atoms with Crippen LogP contribution in [0.25, 0.3) is 0 Å². The van der Waals surface area contributed by atoms with Gasteiger partial charge in [0.15, 0.2) is 0 Å². The van der Waals surface area contributed by atoms with Crippen molar-refractivity contribution in [3.8, 4) is 0 Å². The van der Waals surface area contributed by atoms with Gasteiger partial charge < -0.3 is 10.6 Å². The third-order valence-corrected chi connectivity index (χ3v) is 3.81. The zero-order chi connectivity index (χ0) is 14.0. The van der Waals surface area contributed by atoms with Gasteiger partial charge in [-0.1, -0.05) is 13.8 Å². The molecule has 0 atom stereocenters. The highest BCUT2D eigenvalue weighted by Gasteiger charge is 2.23. The number of aryl methyl sites for hydroxylation is 2. The van der Waals surface area contributed by atoms with Crippen LogP contribution in [0.3, 0.4) is 0 Å². The first-order chi connectivity index (χ1) is 9.02. The van der Waals surface area contributed by atoms with Gasteiger partial charge in [-0.15, -0.1) is 0 Å². The summed E-state index contributed by atoms with van der Waals surface area (Å²) in [5.41, 5.74) is 8.13. The quantitative estimate of drug-likeness (QED) is 0.881. The minimum Gasteiger partial charge on any atom is -0.354 e. The second-order valence-electron chi connectivity index (χ2n) is 5.90. The van der Waals surface area contributed by atoms with E-state index in [-0.39, 0.29) is 0 Å². The van der Waals surface area contributed by atoms with Crippen molar-refractivity contribution < 1.29 is 0 Å². The Morgan fingerprint density at radius 3 is 2.37 bits per heavy atom. The van der Waals surface area contributed by atoms with Crippen molar-refractivity contribution in [1.82, 2.24) is 14.7 Å². The van der Waals surface area contributed by atoms with Crippen molar-refractivity contribution in [1.29, 1.82) is 0 Å². The molecule has 0 unspecified atom stereocenters. The first-order valence-electron chi connectivity index (χ1n) is 7.22. The van der Waals surface area contributed by atoms with Crippen molar-refractivity contribution in [2.24, 2.45) is 18.7 Å². The van der Waals surface area contributed by atoms with Gasteiger partial charge in [-0.25, -0.2) is 0 Å². The third-order valence-electron chi connectivity index (χ3n) is 3.81. The molecule has 1 aliphatic rings. The molecule has 0 spiro atoms. The van der Waals surface area contributed by atoms with Gasteiger partial charge in [0.1, 0.15) is 5.82 Å². The molecule has 0 amide bonds. The maximum Gasteiger partial charge on any atom is 0.131 e. The maximum absolute atomic E-state index is 5.87. The molecule has 0 radical (unpaired) electrons. The number of hydrogen-bond donors (Lipinski definition) is 1. The highest BCUT2D eigenvalue weighted by Crippen LogP contribution is 2.24. The van der Waals surface area contributed by atoms with E-state index in [4.69, 9.17) is 5.73 Å². The maximum atomic E-state index is 5.87. The van der Waals surface area contributed by atoms with Crippen LogP contribution in [0.4, 0.5) is 5.82 Å². The van der Waals surface area contributed by atoms with Crippen LogP contribution in [0.1, 0.15) is 25.1 Å². The van der Waals surface area contributed by atoms with Crippen LogP contribution in [0, 0.1) is 12.8 Å². The Balaban J connectivity index is 2.05. The number of hydrogen-bond acceptors (Lipinski definition) is 4. The average Bonchev–Trinajstić information content (AvgIpc) is 2.64. The summed E-state index contributed by atoms with van der Waals surface area (Å²) in [5.74, 6) is 1.95. The lowest BCUT2D eigenvalue weighted by atomic mass is 10.1. The second kappa shape index (κ2) is 5.92. The lowest BCUT2D eigenvalue weighted by molar-refractivity contribution is 0.230. The minimum absolute atomic E-state index is 0.571. The van der Waals surface area contributed by atoms with Crippen molar-refractivity contribution in [2.75, 3.05) is 37.6 Å². The van der Waals surface area contributed by atoms with Gasteiger partial charge in [-0.2, -0.15) is 5.10 Å². The molecule has 0 aliphatic carbocycles. The molecule has 2 N–H and O–H groups in total. The molecule has 2 heterocycles. The monoisotopic (exact) mass is 265 g/mol. The first-order valence-corrected chi connectivity index (χ1v) is 7.22. The Bertz CT molecular complexity index is 416. The molecule has 19 heavy (non-hydrogen) atoms. The van der Waals surface area contributed by atoms with Crippen LogP contribution in [-0.2, 0) is 13.6 Å². The lowest BCUT2D eigenvalue weighted by Gasteiger charge is -2.37. The van der Waals surface area contributed by atoms with Crippen molar-refractivity contribution in [3.63, 3.8) is 0 Å². The van der Waals surface area contributed by atoms with Crippen molar-refractivity contribution in [2.45, 2.75) is 27.3 Å². The summed E-state index contributed by atoms with van der Waals surface area (Å²) in [4.78, 5) is 4.98. The molecule has 1 saturated heterocycles. The topological polar surface area (TPSA) is 50.3 Å². The van der Waals surface area contributed by atoms with E-state index in [2.05, 4.69) is 28.7 Å². The SMILES string of the molecule is Cc1nn(C)c(N2CCN(CC(C)C)CC2)c1CN. The molecule has 0 aromatic carbocycles. The fraction of sp³-hybridized carbons (Fsp3) is 0.786. The molecule has 2 rings (SSSR count). The summed E-state index contributed by atoms with van der Waals surface area (Å²) < 4.78 is 1.98. The zero-order valence-electron chi connectivity index (χ0n) is 12.7. The van der Waals surface area contributed by atoms with Crippen molar-refractivity contribution in [3.05, 3.63) is 11.3 Å². The number of nitrogens with two attached hydrogens (primary N) is 1. The van der Waals surface area contributed by atoms with Gasteiger partial charge in [0, 0.05) is 51.9 Å². The van der Waals surface area contributed by atoms with Crippen LogP contribution >= 0.6 is 0 Å². The molecular weight excluding hydrogens is 238 g/mol. The van der Waals surface area contributed by atoms with Gasteiger partial charge in [0.05, 0.1) is 5.69 Å². The Morgan fingerprint density at radius 2 is 1.84 bits per heavy atom. The summed E-state index contributed by atoms with van der Waals surface area (Å²) in [5, 5.41) is 4.51. The van der Waals surface area contributed by atoms with Gasteiger partial charge >= 0.3 is 0 Å². The van der Waals surface area contributed by atoms with Crippen LogP contribution < -0.4 is 10.6 Å². The predicted molar refractivity (Wildman–Crippen MR) is 79.3 cm³/mol. The van der Waals surface area contributed by atoms with E-state index in [9.17, 15) is 0 Å². The fourth-order valence-corrected chi connectivity index (χ4v) is 2.98. The van der Waals surface area contributed by atoms with E-state index >= 15 is 0 Å². The molecule has 108 valence electrons. The minimum atomic E-state index is 0.571. The Morgan fingerprint density at radius 1 is 1.21 bits per heavy atom. The summed E-state index contributed by atoms with van der Waals surface area (Å²) in [6.45, 7) is 12.8. The number of rotatable bonds is 4. The predicted octanol–water partition coefficient (Wildman–Crippen LogP) is 0.965. The fourth-order valence-electron chi connectivity index (χ4n) is 2.98. The van der Waals surface area contributed by atoms with Gasteiger partial charge in [-0.3, -0.25) is 9.58 Å². The summed E-state index contributed by atoms with van der Waals surface area (Å²) in [6, 6.07) is 0. The summed E-state index contributed by atoms with van der Waals surface area (Å²) in [6.07, 6.45) is 0. The lowest BCUT2D eigenvalue weighted by Crippen LogP contribution is -2.48. The first kappa shape index (κ1) is 14.3. The average molecular weight is 265 g/mol. The van der Waals surface area contributed by atoms with E-state index in [1.807, 2.05) is 18.7 Å². The normalized spacial score (nSPS) is 17.5. The summed E-state index contributed by atoms with van der Waals surface area (Å²) >= 11 is 0. The number of piperazine rings is 1. The number of anilines is 1. The molecule has 5 heteroatoms. The van der Waals surface area contributed by atoms with E-state index in [1.54, 1.807) is 0 Å². The van der Waals surface area contributed by atoms with E-state index in [0.717, 1.165) is 37.8 Å². The Hall–Kier alpha value is -1.07. The summed E-state index contributed by atoms with van der Waals surface area (Å²) in [7, 11) is 2.02. The molecule has 0 saturated carbocycles. The van der Waals surface area contributed by atoms with E-state index < -0.39 is 0 Å². The largest absolute Gasteiger partial charge is 0.354 e. The second-order valence-corrected chi connectivity index (χ2v) is 5.90. The molecule has 5 nitrogen and oxygen atoms in total. The smallest absolute Gasteiger partial charge is 0.131 e. The highest BCUT2D eigenvalue weighted by molar-refractivity contribution is 5.50. The van der Waals surface area contributed by atoms with Gasteiger partial charge in [-0.05, 0) is 12.8 Å². The van der Waals surface area contributed by atoms with Gasteiger partial charge in [0.2, 0.25) is 0 Å². The van der Waals surface area contributed by atoms with E-state index in [0.29, 0.717) is 6.54 Å². The molecular formula is C14H27N5. The molecule has 1 aliphatic heterocycles. The van der Waals surface area contributed by atoms with Gasteiger partial charge in [0.25, 0.3) is 0 Å². The van der Waals surface area contributed by atoms with Crippen LogP contribution in [0.15, 0.2) is 0 Å². The van der Waals surface area contributed by atoms with Crippen LogP contribution in [0.2, 0.25) is 0 Å². The van der Waals surface area contributed by atoms with E-state index in [1.165, 1.54) is 17.9 Å². The van der Waals surface area contributed by atoms with Crippen molar-refractivity contribution >= 4 is 5.82 Å². The van der Waals surface area contributed by atoms with Crippen LogP contribution in [-0.4, -0.2) is 47.4 Å². The molecule has 0 bridgehead atoms. The Kier molecular flexibility index (Phi) is 4.47. The molecule has 1 fully saturated rings. The number of nitrogens with zero attached hydrogens (tertiary/aromatic N) is 4. The van der Waals surface area contributed by atoms with Crippen LogP contribution in [0.5, 0.6) is 0 Å². The molecule has 1 aromatic rings. The molecule has 1 aromatic heterocycles. The Labute approximate surface area is 116 Å². The number of aromatic nitrogens is 2. The third kappa shape index (κ3) is 3.09. The highest BCUT2D eigenvalue weighted by atomic mass is 15.4. The standard InChI is InChI=1S/C14H27N5/c1-11(2)10-18-5-7-19(8-6-18)14-13(9-15)12(3)16-17(14)4/h11H,5-10,15H2,1-4H3.